The van der Waals surface area contributed by atoms with Crippen molar-refractivity contribution in [3.8, 4) is 0 Å². The number of rotatable bonds is 7. The molecular weight excluding hydrogens is 380 g/mol. The van der Waals surface area contributed by atoms with Crippen LogP contribution in [0.1, 0.15) is 16.8 Å². The van der Waals surface area contributed by atoms with Crippen molar-refractivity contribution in [1.82, 2.24) is 10.3 Å². The van der Waals surface area contributed by atoms with Crippen LogP contribution in [-0.2, 0) is 14.6 Å². The molecule has 0 saturated heterocycles. The number of hydrogen-bond donors (Lipinski definition) is 2. The van der Waals surface area contributed by atoms with Crippen molar-refractivity contribution < 1.29 is 23.1 Å². The van der Waals surface area contributed by atoms with Gasteiger partial charge >= 0.3 is 5.97 Å². The SMILES string of the molecule is O=C(N[C@@H](CCS(=O)(=O)c1ccccc1)C(=O)O)c1ccnc2ccccc12. The first kappa shape index (κ1) is 19.5. The number of pyridine rings is 1. The number of hydrogen-bond acceptors (Lipinski definition) is 5. The maximum absolute atomic E-state index is 12.6. The molecule has 7 nitrogen and oxygen atoms in total. The number of aromatic nitrogens is 1. The number of benzene rings is 2. The molecule has 28 heavy (non-hydrogen) atoms. The lowest BCUT2D eigenvalue weighted by molar-refractivity contribution is -0.139. The van der Waals surface area contributed by atoms with E-state index in [0.717, 1.165) is 0 Å². The summed E-state index contributed by atoms with van der Waals surface area (Å²) < 4.78 is 24.8. The van der Waals surface area contributed by atoms with Crippen molar-refractivity contribution in [2.24, 2.45) is 0 Å². The van der Waals surface area contributed by atoms with Crippen LogP contribution in [-0.4, -0.2) is 42.2 Å². The zero-order chi connectivity index (χ0) is 20.1. The molecule has 3 aromatic rings. The highest BCUT2D eigenvalue weighted by molar-refractivity contribution is 7.91. The molecule has 0 spiro atoms. The fraction of sp³-hybridized carbons (Fsp3) is 0.150. The summed E-state index contributed by atoms with van der Waals surface area (Å²) >= 11 is 0. The van der Waals surface area contributed by atoms with E-state index in [4.69, 9.17) is 0 Å². The van der Waals surface area contributed by atoms with Crippen LogP contribution in [0.2, 0.25) is 0 Å². The lowest BCUT2D eigenvalue weighted by Gasteiger charge is -2.15. The van der Waals surface area contributed by atoms with E-state index in [1.54, 1.807) is 42.5 Å². The van der Waals surface area contributed by atoms with Crippen LogP contribution >= 0.6 is 0 Å². The number of carbonyl (C=O) groups excluding carboxylic acids is 1. The minimum absolute atomic E-state index is 0.116. The van der Waals surface area contributed by atoms with Crippen molar-refractivity contribution in [3.05, 3.63) is 72.4 Å². The first-order valence-corrected chi connectivity index (χ1v) is 10.2. The minimum Gasteiger partial charge on any atom is -0.480 e. The Kier molecular flexibility index (Phi) is 5.70. The topological polar surface area (TPSA) is 113 Å². The molecule has 0 bridgehead atoms. The Balaban J connectivity index is 1.76. The number of sulfone groups is 1. The molecule has 0 radical (unpaired) electrons. The molecule has 0 saturated carbocycles. The predicted molar refractivity (Wildman–Crippen MR) is 104 cm³/mol. The van der Waals surface area contributed by atoms with Crippen molar-refractivity contribution >= 4 is 32.6 Å². The number of carboxylic acid groups (broad SMARTS) is 1. The Labute approximate surface area is 162 Å². The van der Waals surface area contributed by atoms with E-state index in [0.29, 0.717) is 10.9 Å². The molecule has 144 valence electrons. The van der Waals surface area contributed by atoms with Gasteiger partial charge in [-0.25, -0.2) is 13.2 Å². The van der Waals surface area contributed by atoms with Gasteiger partial charge in [0.15, 0.2) is 9.84 Å². The third kappa shape index (κ3) is 4.34. The third-order valence-corrected chi connectivity index (χ3v) is 6.04. The van der Waals surface area contributed by atoms with Gasteiger partial charge in [-0.3, -0.25) is 9.78 Å². The lowest BCUT2D eigenvalue weighted by atomic mass is 10.1. The fourth-order valence-corrected chi connectivity index (χ4v) is 4.16. The molecule has 0 aliphatic rings. The Hall–Kier alpha value is -3.26. The van der Waals surface area contributed by atoms with E-state index >= 15 is 0 Å². The van der Waals surface area contributed by atoms with Gasteiger partial charge in [0.2, 0.25) is 0 Å². The summed E-state index contributed by atoms with van der Waals surface area (Å²) in [4.78, 5) is 28.5. The van der Waals surface area contributed by atoms with Gasteiger partial charge in [0.05, 0.1) is 21.7 Å². The zero-order valence-electron chi connectivity index (χ0n) is 14.8. The molecular formula is C20H18N2O5S. The Morgan fingerprint density at radius 1 is 1.00 bits per heavy atom. The standard InChI is InChI=1S/C20H18N2O5S/c23-19(16-10-12-21-17-9-5-4-8-15(16)17)22-18(20(24)25)11-13-28(26,27)14-6-2-1-3-7-14/h1-10,12,18H,11,13H2,(H,22,23)(H,24,25)/t18-/m0/s1. The zero-order valence-corrected chi connectivity index (χ0v) is 15.6. The largest absolute Gasteiger partial charge is 0.480 e. The van der Waals surface area contributed by atoms with Gasteiger partial charge in [-0.05, 0) is 30.7 Å². The van der Waals surface area contributed by atoms with Gasteiger partial charge in [-0.2, -0.15) is 0 Å². The third-order valence-electron chi connectivity index (χ3n) is 4.27. The Morgan fingerprint density at radius 2 is 1.68 bits per heavy atom. The molecule has 0 unspecified atom stereocenters. The second-order valence-corrected chi connectivity index (χ2v) is 8.27. The average Bonchev–Trinajstić information content (AvgIpc) is 2.71. The van der Waals surface area contributed by atoms with Gasteiger partial charge in [-0.1, -0.05) is 36.4 Å². The molecule has 2 aromatic carbocycles. The van der Waals surface area contributed by atoms with Gasteiger partial charge < -0.3 is 10.4 Å². The number of nitrogens with one attached hydrogen (secondary N) is 1. The second kappa shape index (κ2) is 8.18. The quantitative estimate of drug-likeness (QED) is 0.631. The smallest absolute Gasteiger partial charge is 0.326 e. The number of nitrogens with zero attached hydrogens (tertiary/aromatic N) is 1. The second-order valence-electron chi connectivity index (χ2n) is 6.16. The normalized spacial score (nSPS) is 12.4. The Bertz CT molecular complexity index is 1110. The van der Waals surface area contributed by atoms with Crippen LogP contribution in [0.3, 0.4) is 0 Å². The highest BCUT2D eigenvalue weighted by atomic mass is 32.2. The van der Waals surface area contributed by atoms with E-state index in [9.17, 15) is 23.1 Å². The van der Waals surface area contributed by atoms with Gasteiger partial charge in [0.25, 0.3) is 5.91 Å². The predicted octanol–water partition coefficient (Wildman–Crippen LogP) is 2.28. The maximum atomic E-state index is 12.6. The van der Waals surface area contributed by atoms with E-state index < -0.39 is 33.5 Å². The summed E-state index contributed by atoms with van der Waals surface area (Å²) in [5.41, 5.74) is 0.886. The first-order chi connectivity index (χ1) is 13.4. The van der Waals surface area contributed by atoms with Crippen LogP contribution in [0.25, 0.3) is 10.9 Å². The molecule has 1 aromatic heterocycles. The van der Waals surface area contributed by atoms with Crippen LogP contribution in [0.5, 0.6) is 0 Å². The summed E-state index contributed by atoms with van der Waals surface area (Å²) in [7, 11) is -3.65. The number of para-hydroxylation sites is 1. The van der Waals surface area contributed by atoms with Crippen LogP contribution in [0.4, 0.5) is 0 Å². The molecule has 0 aliphatic heterocycles. The molecule has 8 heteroatoms. The Morgan fingerprint density at radius 3 is 2.39 bits per heavy atom. The molecule has 1 atom stereocenters. The number of fused-ring (bicyclic) bond motifs is 1. The summed E-state index contributed by atoms with van der Waals surface area (Å²) in [6.45, 7) is 0. The fourth-order valence-electron chi connectivity index (χ4n) is 2.81. The van der Waals surface area contributed by atoms with E-state index in [2.05, 4.69) is 10.3 Å². The molecule has 0 fully saturated rings. The van der Waals surface area contributed by atoms with Gasteiger partial charge in [0.1, 0.15) is 6.04 Å². The van der Waals surface area contributed by atoms with Crippen molar-refractivity contribution in [3.63, 3.8) is 0 Å². The van der Waals surface area contributed by atoms with Gasteiger partial charge in [0, 0.05) is 11.6 Å². The van der Waals surface area contributed by atoms with E-state index in [1.165, 1.54) is 24.4 Å². The molecule has 2 N–H and O–H groups in total. The van der Waals surface area contributed by atoms with Crippen molar-refractivity contribution in [2.75, 3.05) is 5.75 Å². The van der Waals surface area contributed by atoms with Crippen LogP contribution in [0, 0.1) is 0 Å². The summed E-state index contributed by atoms with van der Waals surface area (Å²) in [6, 6.07) is 14.9. The van der Waals surface area contributed by atoms with E-state index in [-0.39, 0.29) is 16.9 Å². The highest BCUT2D eigenvalue weighted by Gasteiger charge is 2.25. The van der Waals surface area contributed by atoms with Crippen molar-refractivity contribution in [1.29, 1.82) is 0 Å². The number of carboxylic acids is 1. The molecule has 0 aliphatic carbocycles. The summed E-state index contributed by atoms with van der Waals surface area (Å²) in [5.74, 6) is -2.29. The van der Waals surface area contributed by atoms with Crippen molar-refractivity contribution in [2.45, 2.75) is 17.4 Å². The number of aliphatic carboxylic acids is 1. The monoisotopic (exact) mass is 398 g/mol. The van der Waals surface area contributed by atoms with Gasteiger partial charge in [-0.15, -0.1) is 0 Å². The first-order valence-electron chi connectivity index (χ1n) is 8.54. The summed E-state index contributed by atoms with van der Waals surface area (Å²) in [6.07, 6.45) is 1.22. The number of amides is 1. The average molecular weight is 398 g/mol. The summed E-state index contributed by atoms with van der Waals surface area (Å²) in [5, 5.41) is 12.4. The molecule has 1 heterocycles. The maximum Gasteiger partial charge on any atom is 0.326 e. The highest BCUT2D eigenvalue weighted by Crippen LogP contribution is 2.17. The minimum atomic E-state index is -3.65. The van der Waals surface area contributed by atoms with Crippen LogP contribution < -0.4 is 5.32 Å². The lowest BCUT2D eigenvalue weighted by Crippen LogP contribution is -2.42. The molecule has 1 amide bonds. The molecule has 3 rings (SSSR count). The van der Waals surface area contributed by atoms with Crippen LogP contribution in [0.15, 0.2) is 71.8 Å². The van der Waals surface area contributed by atoms with E-state index in [1.807, 2.05) is 0 Å². The number of carbonyl (C=O) groups is 2.